The molecule has 1 unspecified atom stereocenters. The topological polar surface area (TPSA) is 75.8 Å². The molecule has 3 N–H and O–H groups in total. The predicted molar refractivity (Wildman–Crippen MR) is 91.7 cm³/mol. The zero-order valence-electron chi connectivity index (χ0n) is 15.1. The van der Waals surface area contributed by atoms with Crippen LogP contribution in [-0.4, -0.2) is 41.0 Å². The fourth-order valence-corrected chi connectivity index (χ4v) is 3.08. The number of nitrogens with two attached hydrogens (primary N) is 1. The Morgan fingerprint density at radius 2 is 1.85 bits per heavy atom. The van der Waals surface area contributed by atoms with E-state index in [1.807, 2.05) is 0 Å². The lowest BCUT2D eigenvalue weighted by molar-refractivity contribution is -0.207. The van der Waals surface area contributed by atoms with Gasteiger partial charge in [-0.25, -0.2) is 4.79 Å². The predicted octanol–water partition coefficient (Wildman–Crippen LogP) is 3.98. The second kappa shape index (κ2) is 7.34. The van der Waals surface area contributed by atoms with E-state index in [1.165, 1.54) is 18.2 Å². The fourth-order valence-electron chi connectivity index (χ4n) is 3.08. The van der Waals surface area contributed by atoms with E-state index in [2.05, 4.69) is 0 Å². The number of aliphatic hydroxyl groups is 1. The summed E-state index contributed by atoms with van der Waals surface area (Å²) < 4.78 is 44.3. The Hall–Kier alpha value is -1.96. The lowest BCUT2D eigenvalue weighted by Crippen LogP contribution is -2.41. The summed E-state index contributed by atoms with van der Waals surface area (Å²) in [4.78, 5) is 13.7. The molecule has 2 rings (SSSR count). The molecule has 0 aromatic heterocycles. The van der Waals surface area contributed by atoms with Crippen molar-refractivity contribution in [3.63, 3.8) is 0 Å². The molecule has 0 aliphatic carbocycles. The molecule has 1 aliphatic heterocycles. The summed E-state index contributed by atoms with van der Waals surface area (Å²) in [7, 11) is 0. The van der Waals surface area contributed by atoms with E-state index in [0.717, 1.165) is 0 Å². The monoisotopic (exact) mass is 374 g/mol. The number of benzene rings is 1. The number of amides is 1. The van der Waals surface area contributed by atoms with Crippen LogP contribution in [0.2, 0.25) is 0 Å². The summed E-state index contributed by atoms with van der Waals surface area (Å²) in [6, 6.07) is 4.24. The molecular formula is C18H25F3N2O3. The lowest BCUT2D eigenvalue weighted by Gasteiger charge is -2.34. The van der Waals surface area contributed by atoms with Crippen molar-refractivity contribution in [2.24, 2.45) is 0 Å². The number of alkyl halides is 3. The van der Waals surface area contributed by atoms with Gasteiger partial charge >= 0.3 is 12.3 Å². The van der Waals surface area contributed by atoms with Gasteiger partial charge in [0.25, 0.3) is 0 Å². The minimum Gasteiger partial charge on any atom is -0.444 e. The lowest BCUT2D eigenvalue weighted by atomic mass is 9.84. The summed E-state index contributed by atoms with van der Waals surface area (Å²) in [5.74, 6) is -0.193. The summed E-state index contributed by atoms with van der Waals surface area (Å²) in [6.07, 6.45) is -6.80. The van der Waals surface area contributed by atoms with Crippen LogP contribution < -0.4 is 5.73 Å². The van der Waals surface area contributed by atoms with Crippen LogP contribution in [-0.2, 0) is 4.74 Å². The maximum absolute atomic E-state index is 13.0. The molecule has 1 heterocycles. The Bertz CT molecular complexity index is 648. The largest absolute Gasteiger partial charge is 0.444 e. The van der Waals surface area contributed by atoms with Crippen LogP contribution >= 0.6 is 0 Å². The van der Waals surface area contributed by atoms with Crippen molar-refractivity contribution in [3.05, 3.63) is 29.3 Å². The second-order valence-corrected chi connectivity index (χ2v) is 7.57. The smallest absolute Gasteiger partial charge is 0.418 e. The van der Waals surface area contributed by atoms with Crippen LogP contribution in [0.1, 0.15) is 56.8 Å². The van der Waals surface area contributed by atoms with Gasteiger partial charge in [-0.3, -0.25) is 0 Å². The molecule has 1 amide bonds. The Balaban J connectivity index is 2.13. The molecule has 1 aliphatic rings. The normalized spacial score (nSPS) is 17.9. The van der Waals surface area contributed by atoms with Crippen LogP contribution in [0.3, 0.4) is 0 Å². The third-order valence-corrected chi connectivity index (χ3v) is 4.30. The minimum absolute atomic E-state index is 0.165. The first kappa shape index (κ1) is 20.4. The van der Waals surface area contributed by atoms with Gasteiger partial charge in [-0.2, -0.15) is 13.2 Å². The number of rotatable bonds is 2. The number of halogens is 3. The zero-order chi connectivity index (χ0) is 19.7. The first-order valence-electron chi connectivity index (χ1n) is 8.50. The van der Waals surface area contributed by atoms with Gasteiger partial charge in [-0.1, -0.05) is 6.07 Å². The Labute approximate surface area is 150 Å². The van der Waals surface area contributed by atoms with E-state index in [1.54, 1.807) is 25.7 Å². The Morgan fingerprint density at radius 1 is 1.27 bits per heavy atom. The molecular weight excluding hydrogens is 349 g/mol. The summed E-state index contributed by atoms with van der Waals surface area (Å²) in [6.45, 7) is 6.08. The zero-order valence-corrected chi connectivity index (χ0v) is 15.1. The van der Waals surface area contributed by atoms with E-state index in [4.69, 9.17) is 10.5 Å². The maximum Gasteiger partial charge on any atom is 0.418 e. The molecule has 0 spiro atoms. The van der Waals surface area contributed by atoms with E-state index in [0.29, 0.717) is 31.5 Å². The first-order valence-corrected chi connectivity index (χ1v) is 8.50. The van der Waals surface area contributed by atoms with Gasteiger partial charge in [0, 0.05) is 18.8 Å². The van der Waals surface area contributed by atoms with Crippen LogP contribution in [0.4, 0.5) is 23.7 Å². The van der Waals surface area contributed by atoms with E-state index < -0.39 is 24.0 Å². The van der Waals surface area contributed by atoms with Gasteiger partial charge in [0.05, 0.1) is 0 Å². The molecule has 1 fully saturated rings. The Morgan fingerprint density at radius 3 is 2.35 bits per heavy atom. The van der Waals surface area contributed by atoms with Crippen LogP contribution in [0, 0.1) is 0 Å². The minimum atomic E-state index is -4.76. The molecule has 26 heavy (non-hydrogen) atoms. The highest BCUT2D eigenvalue weighted by atomic mass is 19.4. The maximum atomic E-state index is 13.0. The van der Waals surface area contributed by atoms with Crippen molar-refractivity contribution in [1.29, 1.82) is 0 Å². The van der Waals surface area contributed by atoms with Crippen LogP contribution in [0.5, 0.6) is 0 Å². The van der Waals surface area contributed by atoms with Crippen LogP contribution in [0.25, 0.3) is 0 Å². The van der Waals surface area contributed by atoms with Gasteiger partial charge in [-0.15, -0.1) is 0 Å². The third kappa shape index (κ3) is 5.03. The summed E-state index contributed by atoms with van der Waals surface area (Å²) >= 11 is 0. The van der Waals surface area contributed by atoms with Crippen molar-refractivity contribution in [2.75, 3.05) is 18.8 Å². The second-order valence-electron chi connectivity index (χ2n) is 7.57. The summed E-state index contributed by atoms with van der Waals surface area (Å²) in [5, 5.41) is 9.70. The van der Waals surface area contributed by atoms with Crippen molar-refractivity contribution in [2.45, 2.75) is 57.4 Å². The molecule has 1 saturated heterocycles. The number of nitrogens with zero attached hydrogens (tertiary/aromatic N) is 1. The van der Waals surface area contributed by atoms with Crippen molar-refractivity contribution in [3.8, 4) is 0 Å². The number of anilines is 1. The quantitative estimate of drug-likeness (QED) is 0.768. The Kier molecular flexibility index (Phi) is 5.75. The van der Waals surface area contributed by atoms with Crippen LogP contribution in [0.15, 0.2) is 18.2 Å². The third-order valence-electron chi connectivity index (χ3n) is 4.30. The number of nitrogen functional groups attached to an aromatic ring is 1. The molecule has 1 aromatic rings. The number of carbonyl (C=O) groups excluding carboxylic acids is 1. The first-order chi connectivity index (χ1) is 11.9. The number of piperidine rings is 1. The molecule has 146 valence electrons. The highest BCUT2D eigenvalue weighted by Gasteiger charge is 2.41. The average molecular weight is 374 g/mol. The van der Waals surface area contributed by atoms with Crippen molar-refractivity contribution in [1.82, 2.24) is 4.90 Å². The molecule has 1 aromatic carbocycles. The number of ether oxygens (including phenoxy) is 1. The molecule has 0 bridgehead atoms. The molecule has 5 nitrogen and oxygen atoms in total. The van der Waals surface area contributed by atoms with Gasteiger partial charge in [0.15, 0.2) is 6.10 Å². The summed E-state index contributed by atoms with van der Waals surface area (Å²) in [5.41, 5.74) is 5.38. The van der Waals surface area contributed by atoms with E-state index in [9.17, 15) is 23.1 Å². The number of aliphatic hydroxyl groups excluding tert-OH is 1. The fraction of sp³-hybridized carbons (Fsp3) is 0.611. The highest BCUT2D eigenvalue weighted by Crippen LogP contribution is 2.40. The van der Waals surface area contributed by atoms with Crippen molar-refractivity contribution >= 4 is 11.8 Å². The number of hydrogen-bond acceptors (Lipinski definition) is 4. The number of carbonyl (C=O) groups is 1. The number of likely N-dealkylation sites (tertiary alicyclic amines) is 1. The van der Waals surface area contributed by atoms with Crippen molar-refractivity contribution < 1.29 is 27.8 Å². The van der Waals surface area contributed by atoms with Gasteiger partial charge in [0.1, 0.15) is 5.60 Å². The van der Waals surface area contributed by atoms with E-state index >= 15 is 0 Å². The van der Waals surface area contributed by atoms with E-state index in [-0.39, 0.29) is 17.2 Å². The molecule has 0 saturated carbocycles. The van der Waals surface area contributed by atoms with Gasteiger partial charge in [0.2, 0.25) is 0 Å². The standard InChI is InChI=1S/C18H25F3N2O3/c1-17(2,3)26-16(25)23-8-6-11(7-9-23)13-5-4-12(22)10-14(13)15(24)18(19,20)21/h4-5,10-11,15,24H,6-9,22H2,1-3H3. The SMILES string of the molecule is CC(C)(C)OC(=O)N1CCC(c2ccc(N)cc2C(O)C(F)(F)F)CC1. The molecule has 0 radical (unpaired) electrons. The van der Waals surface area contributed by atoms with Gasteiger partial charge < -0.3 is 20.5 Å². The molecule has 8 heteroatoms. The average Bonchev–Trinajstić information content (AvgIpc) is 2.51. The molecule has 1 atom stereocenters. The number of hydrogen-bond donors (Lipinski definition) is 2. The van der Waals surface area contributed by atoms with Gasteiger partial charge in [-0.05, 0) is 62.8 Å². The highest BCUT2D eigenvalue weighted by molar-refractivity contribution is 5.68.